The van der Waals surface area contributed by atoms with Gasteiger partial charge >= 0.3 is 0 Å². The van der Waals surface area contributed by atoms with Crippen molar-refractivity contribution in [2.45, 2.75) is 39.7 Å². The summed E-state index contributed by atoms with van der Waals surface area (Å²) >= 11 is 0. The summed E-state index contributed by atoms with van der Waals surface area (Å²) in [4.78, 5) is 4.79. The summed E-state index contributed by atoms with van der Waals surface area (Å²) in [6, 6.07) is 6.23. The second kappa shape index (κ2) is 5.83. The number of nitrogens with two attached hydrogens (primary N) is 1. The molecule has 4 heteroatoms. The summed E-state index contributed by atoms with van der Waals surface area (Å²) in [7, 11) is 1.75. The summed E-state index contributed by atoms with van der Waals surface area (Å²) in [5.74, 6) is 1.94. The van der Waals surface area contributed by atoms with Gasteiger partial charge in [0.25, 0.3) is 0 Å². The normalized spacial score (nSPS) is 13.6. The van der Waals surface area contributed by atoms with Gasteiger partial charge in [0.05, 0.1) is 23.7 Å². The van der Waals surface area contributed by atoms with Crippen LogP contribution in [0.3, 0.4) is 0 Å². The third-order valence-electron chi connectivity index (χ3n) is 3.70. The molecule has 0 amide bonds. The third-order valence-corrected chi connectivity index (χ3v) is 3.70. The zero-order valence-corrected chi connectivity index (χ0v) is 13.1. The van der Waals surface area contributed by atoms with E-state index in [1.165, 1.54) is 0 Å². The van der Waals surface area contributed by atoms with Crippen LogP contribution in [0, 0.1) is 5.92 Å². The van der Waals surface area contributed by atoms with Gasteiger partial charge in [-0.3, -0.25) is 0 Å². The number of rotatable bonds is 5. The van der Waals surface area contributed by atoms with Gasteiger partial charge < -0.3 is 15.0 Å². The quantitative estimate of drug-likeness (QED) is 0.848. The second-order valence-corrected chi connectivity index (χ2v) is 6.01. The molecule has 0 spiro atoms. The molecule has 0 bridgehead atoms. The molecule has 0 saturated carbocycles. The first-order valence-electron chi connectivity index (χ1n) is 7.22. The molecule has 110 valence electrons. The van der Waals surface area contributed by atoms with Crippen molar-refractivity contribution in [3.05, 3.63) is 24.0 Å². The molecule has 2 N–H and O–H groups in total. The van der Waals surface area contributed by atoms with Crippen LogP contribution in [0.25, 0.3) is 11.0 Å². The van der Waals surface area contributed by atoms with Gasteiger partial charge in [-0.1, -0.05) is 27.7 Å². The third kappa shape index (κ3) is 2.66. The van der Waals surface area contributed by atoms with Gasteiger partial charge in [-0.25, -0.2) is 4.98 Å². The molecule has 2 aromatic rings. The lowest BCUT2D eigenvalue weighted by molar-refractivity contribution is 0.133. The Morgan fingerprint density at radius 2 is 1.95 bits per heavy atom. The van der Waals surface area contributed by atoms with Crippen molar-refractivity contribution in [3.8, 4) is 0 Å². The van der Waals surface area contributed by atoms with Gasteiger partial charge in [0.2, 0.25) is 0 Å². The number of ether oxygens (including phenoxy) is 1. The highest BCUT2D eigenvalue weighted by Crippen LogP contribution is 2.30. The zero-order valence-electron chi connectivity index (χ0n) is 13.1. The highest BCUT2D eigenvalue weighted by Gasteiger charge is 2.23. The topological polar surface area (TPSA) is 53.1 Å². The van der Waals surface area contributed by atoms with Crippen LogP contribution in [0.1, 0.15) is 45.5 Å². The fraction of sp³-hybridized carbons (Fsp3) is 0.562. The van der Waals surface area contributed by atoms with E-state index in [0.29, 0.717) is 18.4 Å². The molecule has 1 atom stereocenters. The molecular formula is C16H25N3O. The fourth-order valence-electron chi connectivity index (χ4n) is 2.63. The number of anilines is 1. The Morgan fingerprint density at radius 3 is 2.50 bits per heavy atom. The van der Waals surface area contributed by atoms with Crippen molar-refractivity contribution >= 4 is 16.7 Å². The van der Waals surface area contributed by atoms with Crippen molar-refractivity contribution in [2.75, 3.05) is 19.5 Å². The number of aromatic nitrogens is 2. The van der Waals surface area contributed by atoms with Crippen molar-refractivity contribution in [1.82, 2.24) is 9.55 Å². The molecule has 20 heavy (non-hydrogen) atoms. The predicted molar refractivity (Wildman–Crippen MR) is 84.0 cm³/mol. The molecule has 1 aromatic carbocycles. The monoisotopic (exact) mass is 275 g/mol. The minimum atomic E-state index is 0.283. The molecule has 0 fully saturated rings. The standard InChI is InChI=1S/C16H25N3O/c1-10(2)15(9-20-5)19-14-7-6-12(17)8-13(14)18-16(19)11(3)4/h6-8,10-11,15H,9,17H2,1-5H3. The van der Waals surface area contributed by atoms with Gasteiger partial charge in [-0.2, -0.15) is 0 Å². The minimum Gasteiger partial charge on any atom is -0.399 e. The number of fused-ring (bicyclic) bond motifs is 1. The van der Waals surface area contributed by atoms with E-state index in [0.717, 1.165) is 22.5 Å². The van der Waals surface area contributed by atoms with E-state index in [4.69, 9.17) is 15.5 Å². The first-order valence-corrected chi connectivity index (χ1v) is 7.22. The van der Waals surface area contributed by atoms with Gasteiger partial charge in [0, 0.05) is 18.7 Å². The first kappa shape index (κ1) is 14.9. The number of imidazole rings is 1. The smallest absolute Gasteiger partial charge is 0.112 e. The molecule has 1 unspecified atom stereocenters. The fourth-order valence-corrected chi connectivity index (χ4v) is 2.63. The molecule has 2 rings (SSSR count). The first-order chi connectivity index (χ1) is 9.45. The molecule has 0 aliphatic heterocycles. The Balaban J connectivity index is 2.66. The van der Waals surface area contributed by atoms with E-state index in [-0.39, 0.29) is 6.04 Å². The number of methoxy groups -OCH3 is 1. The van der Waals surface area contributed by atoms with Crippen LogP contribution in [0.4, 0.5) is 5.69 Å². The molecule has 1 heterocycles. The maximum Gasteiger partial charge on any atom is 0.112 e. The van der Waals surface area contributed by atoms with Crippen LogP contribution < -0.4 is 5.73 Å². The summed E-state index contributed by atoms with van der Waals surface area (Å²) in [6.45, 7) is 9.47. The average Bonchev–Trinajstić information content (AvgIpc) is 2.73. The Morgan fingerprint density at radius 1 is 1.25 bits per heavy atom. The second-order valence-electron chi connectivity index (χ2n) is 6.01. The van der Waals surface area contributed by atoms with Crippen LogP contribution in [-0.2, 0) is 4.74 Å². The number of hydrogen-bond acceptors (Lipinski definition) is 3. The zero-order chi connectivity index (χ0) is 14.9. The minimum absolute atomic E-state index is 0.283. The average molecular weight is 275 g/mol. The summed E-state index contributed by atoms with van der Waals surface area (Å²) < 4.78 is 7.75. The van der Waals surface area contributed by atoms with E-state index in [2.05, 4.69) is 38.3 Å². The summed E-state index contributed by atoms with van der Waals surface area (Å²) in [5.41, 5.74) is 8.74. The van der Waals surface area contributed by atoms with Gasteiger partial charge in [-0.05, 0) is 24.1 Å². The van der Waals surface area contributed by atoms with E-state index in [9.17, 15) is 0 Å². The summed E-state index contributed by atoms with van der Waals surface area (Å²) in [6.07, 6.45) is 0. The maximum atomic E-state index is 5.88. The van der Waals surface area contributed by atoms with Crippen LogP contribution in [0.5, 0.6) is 0 Å². The lowest BCUT2D eigenvalue weighted by Crippen LogP contribution is -2.22. The molecule has 1 aromatic heterocycles. The maximum absolute atomic E-state index is 5.88. The lowest BCUT2D eigenvalue weighted by atomic mass is 10.0. The van der Waals surface area contributed by atoms with E-state index < -0.39 is 0 Å². The van der Waals surface area contributed by atoms with Crippen molar-refractivity contribution in [2.24, 2.45) is 5.92 Å². The van der Waals surface area contributed by atoms with Gasteiger partial charge in [-0.15, -0.1) is 0 Å². The van der Waals surface area contributed by atoms with Crippen molar-refractivity contribution in [3.63, 3.8) is 0 Å². The van der Waals surface area contributed by atoms with Crippen LogP contribution in [0.2, 0.25) is 0 Å². The van der Waals surface area contributed by atoms with Crippen molar-refractivity contribution < 1.29 is 4.74 Å². The molecule has 0 saturated heterocycles. The number of benzene rings is 1. The van der Waals surface area contributed by atoms with Gasteiger partial charge in [0.15, 0.2) is 0 Å². The molecular weight excluding hydrogens is 250 g/mol. The largest absolute Gasteiger partial charge is 0.399 e. The van der Waals surface area contributed by atoms with Crippen molar-refractivity contribution in [1.29, 1.82) is 0 Å². The van der Waals surface area contributed by atoms with E-state index in [1.807, 2.05) is 12.1 Å². The van der Waals surface area contributed by atoms with Crippen LogP contribution in [-0.4, -0.2) is 23.3 Å². The Bertz CT molecular complexity index is 587. The Labute approximate surface area is 120 Å². The number of nitrogen functional groups attached to an aromatic ring is 1. The van der Waals surface area contributed by atoms with E-state index in [1.54, 1.807) is 7.11 Å². The van der Waals surface area contributed by atoms with E-state index >= 15 is 0 Å². The van der Waals surface area contributed by atoms with Crippen LogP contribution in [0.15, 0.2) is 18.2 Å². The highest BCUT2D eigenvalue weighted by molar-refractivity contribution is 5.80. The Kier molecular flexibility index (Phi) is 4.33. The predicted octanol–water partition coefficient (Wildman–Crippen LogP) is 3.59. The SMILES string of the molecule is COCC(C(C)C)n1c(C(C)C)nc2cc(N)ccc21. The molecule has 0 radical (unpaired) electrons. The lowest BCUT2D eigenvalue weighted by Gasteiger charge is -2.25. The molecule has 0 aliphatic carbocycles. The van der Waals surface area contributed by atoms with Crippen LogP contribution >= 0.6 is 0 Å². The molecule has 4 nitrogen and oxygen atoms in total. The highest BCUT2D eigenvalue weighted by atomic mass is 16.5. The molecule has 0 aliphatic rings. The summed E-state index contributed by atoms with van der Waals surface area (Å²) in [5, 5.41) is 0. The Hall–Kier alpha value is -1.55. The number of hydrogen-bond donors (Lipinski definition) is 1. The number of nitrogens with zero attached hydrogens (tertiary/aromatic N) is 2. The van der Waals surface area contributed by atoms with Gasteiger partial charge in [0.1, 0.15) is 5.82 Å².